The van der Waals surface area contributed by atoms with E-state index in [1.165, 1.54) is 61.2 Å². The number of hydrogen-bond donors (Lipinski definition) is 0. The number of fused-ring (bicyclic) bond motifs is 10. The number of pyridine rings is 1. The lowest BCUT2D eigenvalue weighted by Gasteiger charge is -2.30. The normalized spacial score (nSPS) is 12.7. The van der Waals surface area contributed by atoms with E-state index in [9.17, 15) is 0 Å². The van der Waals surface area contributed by atoms with Gasteiger partial charge < -0.3 is 0 Å². The molecule has 0 unspecified atom stereocenters. The third-order valence-electron chi connectivity index (χ3n) is 12.7. The van der Waals surface area contributed by atoms with Crippen molar-refractivity contribution in [2.45, 2.75) is 5.41 Å². The Morgan fingerprint density at radius 1 is 0.295 bits per heavy atom. The predicted octanol–water partition coefficient (Wildman–Crippen LogP) is 14.2. The first-order valence-electron chi connectivity index (χ1n) is 20.8. The summed E-state index contributed by atoms with van der Waals surface area (Å²) in [6.07, 6.45) is 3.69. The first-order chi connectivity index (χ1) is 30.2. The van der Waals surface area contributed by atoms with Crippen LogP contribution in [-0.4, -0.2) is 15.0 Å². The summed E-state index contributed by atoms with van der Waals surface area (Å²) >= 11 is 0. The maximum Gasteiger partial charge on any atom is 0.160 e. The molecule has 0 bridgehead atoms. The molecular weight excluding hydrogens is 739 g/mol. The van der Waals surface area contributed by atoms with Gasteiger partial charge in [-0.25, -0.2) is 9.97 Å². The summed E-state index contributed by atoms with van der Waals surface area (Å²) in [6.45, 7) is 0. The number of rotatable bonds is 6. The summed E-state index contributed by atoms with van der Waals surface area (Å²) in [5.74, 6) is 0.700. The van der Waals surface area contributed by atoms with Crippen LogP contribution < -0.4 is 0 Å². The molecule has 2 aromatic heterocycles. The number of aromatic nitrogens is 3. The molecule has 3 heteroatoms. The molecule has 1 spiro atoms. The highest BCUT2D eigenvalue weighted by Gasteiger charge is 2.51. The van der Waals surface area contributed by atoms with Crippen molar-refractivity contribution < 1.29 is 0 Å². The zero-order chi connectivity index (χ0) is 40.3. The van der Waals surface area contributed by atoms with Gasteiger partial charge in [0.1, 0.15) is 0 Å². The van der Waals surface area contributed by atoms with E-state index in [0.717, 1.165) is 44.8 Å². The standard InChI is InChI=1S/C58H37N3/c1-2-12-44(13-3-1)57-60-54(36-55(61-57)43-33-27-40(28-34-43)45-14-11-35-59-37-45)42-31-25-39(26-32-42)38-23-29-41(30-24-38)46-18-10-22-53-56(46)49-17-6-9-21-52(49)58(53)50-19-7-4-15-47(50)48-16-5-8-20-51(48)58/h1-37H. The minimum Gasteiger partial charge on any atom is -0.264 e. The average Bonchev–Trinajstić information content (AvgIpc) is 3.82. The van der Waals surface area contributed by atoms with Crippen LogP contribution in [0, 0.1) is 0 Å². The van der Waals surface area contributed by atoms with Crippen LogP contribution in [0.3, 0.4) is 0 Å². The molecule has 2 heterocycles. The van der Waals surface area contributed by atoms with Gasteiger partial charge in [0.2, 0.25) is 0 Å². The molecule has 2 aliphatic carbocycles. The predicted molar refractivity (Wildman–Crippen MR) is 249 cm³/mol. The average molecular weight is 776 g/mol. The molecule has 0 amide bonds. The highest BCUT2D eigenvalue weighted by molar-refractivity contribution is 6.00. The van der Waals surface area contributed by atoms with Gasteiger partial charge in [0.05, 0.1) is 16.8 Å². The van der Waals surface area contributed by atoms with Gasteiger partial charge in [-0.2, -0.15) is 0 Å². The Bertz CT molecular complexity index is 3220. The van der Waals surface area contributed by atoms with E-state index < -0.39 is 0 Å². The van der Waals surface area contributed by atoms with Gasteiger partial charge in [0.15, 0.2) is 5.82 Å². The lowest BCUT2D eigenvalue weighted by molar-refractivity contribution is 0.794. The van der Waals surface area contributed by atoms with Crippen LogP contribution in [-0.2, 0) is 5.41 Å². The van der Waals surface area contributed by atoms with Gasteiger partial charge >= 0.3 is 0 Å². The second kappa shape index (κ2) is 14.1. The Morgan fingerprint density at radius 3 is 1.31 bits per heavy atom. The first kappa shape index (κ1) is 35.0. The van der Waals surface area contributed by atoms with Crippen LogP contribution in [0.5, 0.6) is 0 Å². The third kappa shape index (κ3) is 5.55. The topological polar surface area (TPSA) is 38.7 Å². The Morgan fingerprint density at radius 2 is 0.738 bits per heavy atom. The molecule has 0 aliphatic heterocycles. The van der Waals surface area contributed by atoms with Crippen molar-refractivity contribution in [1.29, 1.82) is 0 Å². The Labute approximate surface area is 355 Å². The second-order valence-corrected chi connectivity index (χ2v) is 15.9. The van der Waals surface area contributed by atoms with Crippen LogP contribution in [0.4, 0.5) is 0 Å². The molecular formula is C58H37N3. The van der Waals surface area contributed by atoms with E-state index in [0.29, 0.717) is 5.82 Å². The van der Waals surface area contributed by atoms with Gasteiger partial charge in [0.25, 0.3) is 0 Å². The first-order valence-corrected chi connectivity index (χ1v) is 20.8. The fourth-order valence-corrected chi connectivity index (χ4v) is 9.89. The van der Waals surface area contributed by atoms with Crippen LogP contribution in [0.2, 0.25) is 0 Å². The van der Waals surface area contributed by atoms with E-state index in [1.807, 2.05) is 30.5 Å². The SMILES string of the molecule is c1ccc(-c2nc(-c3ccc(-c4ccc(-c5cccc6c5-c5ccccc5C65c6ccccc6-c6ccccc65)cc4)cc3)cc(-c3ccc(-c4cccnc4)cc3)n2)cc1. The van der Waals surface area contributed by atoms with Gasteiger partial charge in [-0.3, -0.25) is 4.98 Å². The molecule has 12 rings (SSSR count). The Balaban J connectivity index is 0.891. The summed E-state index contributed by atoms with van der Waals surface area (Å²) in [5.41, 5.74) is 22.2. The van der Waals surface area contributed by atoms with Gasteiger partial charge in [-0.1, -0.05) is 200 Å². The van der Waals surface area contributed by atoms with Crippen molar-refractivity contribution in [3.8, 4) is 89.5 Å². The quantitative estimate of drug-likeness (QED) is 0.169. The Hall–Kier alpha value is -8.01. The fraction of sp³-hybridized carbons (Fsp3) is 0.0172. The minimum absolute atomic E-state index is 0.353. The molecule has 10 aromatic rings. The van der Waals surface area contributed by atoms with Crippen molar-refractivity contribution in [2.75, 3.05) is 0 Å². The van der Waals surface area contributed by atoms with Crippen molar-refractivity contribution in [2.24, 2.45) is 0 Å². The number of hydrogen-bond acceptors (Lipinski definition) is 3. The largest absolute Gasteiger partial charge is 0.264 e. The highest BCUT2D eigenvalue weighted by atomic mass is 14.9. The summed E-state index contributed by atoms with van der Waals surface area (Å²) in [6, 6.07) is 76.6. The van der Waals surface area contributed by atoms with E-state index in [2.05, 4.69) is 193 Å². The number of nitrogens with zero attached hydrogens (tertiary/aromatic N) is 3. The molecule has 0 fully saturated rings. The monoisotopic (exact) mass is 775 g/mol. The summed E-state index contributed by atoms with van der Waals surface area (Å²) in [4.78, 5) is 14.4. The van der Waals surface area contributed by atoms with Gasteiger partial charge in [-0.15, -0.1) is 0 Å². The second-order valence-electron chi connectivity index (χ2n) is 15.9. The molecule has 3 nitrogen and oxygen atoms in total. The minimum atomic E-state index is -0.353. The van der Waals surface area contributed by atoms with Crippen molar-refractivity contribution in [1.82, 2.24) is 15.0 Å². The van der Waals surface area contributed by atoms with Crippen LogP contribution in [0.15, 0.2) is 225 Å². The smallest absolute Gasteiger partial charge is 0.160 e. The molecule has 0 saturated heterocycles. The molecule has 0 radical (unpaired) electrons. The van der Waals surface area contributed by atoms with Crippen molar-refractivity contribution in [3.05, 3.63) is 247 Å². The highest BCUT2D eigenvalue weighted by Crippen LogP contribution is 2.63. The molecule has 0 N–H and O–H groups in total. The summed E-state index contributed by atoms with van der Waals surface area (Å²) in [5, 5.41) is 0. The van der Waals surface area contributed by atoms with Gasteiger partial charge in [-0.05, 0) is 90.0 Å². The molecule has 0 atom stereocenters. The maximum atomic E-state index is 5.09. The summed E-state index contributed by atoms with van der Waals surface area (Å²) < 4.78 is 0. The van der Waals surface area contributed by atoms with E-state index in [-0.39, 0.29) is 5.41 Å². The fourth-order valence-electron chi connectivity index (χ4n) is 9.89. The van der Waals surface area contributed by atoms with Crippen molar-refractivity contribution in [3.63, 3.8) is 0 Å². The lowest BCUT2D eigenvalue weighted by Crippen LogP contribution is -2.25. The van der Waals surface area contributed by atoms with E-state index in [1.54, 1.807) is 6.20 Å². The maximum absolute atomic E-state index is 5.09. The molecule has 2 aliphatic rings. The molecule has 61 heavy (non-hydrogen) atoms. The Kier molecular flexibility index (Phi) is 8.07. The third-order valence-corrected chi connectivity index (χ3v) is 12.7. The van der Waals surface area contributed by atoms with Gasteiger partial charge in [0, 0.05) is 29.1 Å². The molecule has 0 saturated carbocycles. The zero-order valence-electron chi connectivity index (χ0n) is 33.2. The van der Waals surface area contributed by atoms with E-state index >= 15 is 0 Å². The zero-order valence-corrected chi connectivity index (χ0v) is 33.2. The van der Waals surface area contributed by atoms with Crippen molar-refractivity contribution >= 4 is 0 Å². The van der Waals surface area contributed by atoms with E-state index in [4.69, 9.17) is 9.97 Å². The number of benzene rings is 8. The van der Waals surface area contributed by atoms with Crippen LogP contribution >= 0.6 is 0 Å². The molecule has 8 aromatic carbocycles. The van der Waals surface area contributed by atoms with Crippen LogP contribution in [0.1, 0.15) is 22.3 Å². The summed E-state index contributed by atoms with van der Waals surface area (Å²) in [7, 11) is 0. The lowest BCUT2D eigenvalue weighted by atomic mass is 9.70. The molecule has 284 valence electrons. The van der Waals surface area contributed by atoms with Crippen LogP contribution in [0.25, 0.3) is 89.5 Å².